The summed E-state index contributed by atoms with van der Waals surface area (Å²) in [5.74, 6) is 0. The predicted octanol–water partition coefficient (Wildman–Crippen LogP) is -3.28. The van der Waals surface area contributed by atoms with Crippen molar-refractivity contribution in [1.82, 2.24) is 0 Å². The summed E-state index contributed by atoms with van der Waals surface area (Å²) in [6, 6.07) is 0. The predicted molar refractivity (Wildman–Crippen MR) is 33.7 cm³/mol. The fourth-order valence-electron chi connectivity index (χ4n) is 0.312. The van der Waals surface area contributed by atoms with Gasteiger partial charge in [0.1, 0.15) is 0 Å². The molecule has 0 saturated carbocycles. The molecule has 4 N–H and O–H groups in total. The van der Waals surface area contributed by atoms with E-state index in [1.54, 1.807) is 0 Å². The Morgan fingerprint density at radius 1 is 0.833 bits per heavy atom. The van der Waals surface area contributed by atoms with Crippen LogP contribution in [0.3, 0.4) is 0 Å². The molecule has 0 rings (SSSR count). The van der Waals surface area contributed by atoms with Crippen LogP contribution in [-0.4, -0.2) is 66.9 Å². The van der Waals surface area contributed by atoms with Gasteiger partial charge in [-0.3, -0.25) is 0 Å². The van der Waals surface area contributed by atoms with Crippen LogP contribution in [0.1, 0.15) is 0 Å². The van der Waals surface area contributed by atoms with Crippen molar-refractivity contribution in [3.63, 3.8) is 0 Å². The third-order valence-electron chi connectivity index (χ3n) is 0.602. The van der Waals surface area contributed by atoms with Gasteiger partial charge in [-0.1, -0.05) is 0 Å². The normalized spacial score (nSPS) is 13.3. The Morgan fingerprint density at radius 2 is 1.08 bits per heavy atom. The van der Waals surface area contributed by atoms with Crippen molar-refractivity contribution in [3.05, 3.63) is 0 Å². The molecule has 0 spiro atoms. The van der Waals surface area contributed by atoms with Gasteiger partial charge < -0.3 is 0 Å². The van der Waals surface area contributed by atoms with Crippen molar-refractivity contribution in [2.24, 2.45) is 0 Å². The first-order chi connectivity index (χ1) is 5.21. The van der Waals surface area contributed by atoms with Crippen molar-refractivity contribution in [2.45, 2.75) is 0 Å². The van der Waals surface area contributed by atoms with Gasteiger partial charge in [0.15, 0.2) is 0 Å². The average molecular weight is 404 g/mol. The first kappa shape index (κ1) is 13.0. The molecule has 0 aromatic rings. The van der Waals surface area contributed by atoms with Crippen LogP contribution >= 0.6 is 0 Å². The molecule has 0 amide bonds. The van der Waals surface area contributed by atoms with E-state index in [2.05, 4.69) is 6.03 Å². The Morgan fingerprint density at radius 3 is 1.25 bits per heavy atom. The summed E-state index contributed by atoms with van der Waals surface area (Å²) in [6.45, 7) is -1.05. The van der Waals surface area contributed by atoms with Gasteiger partial charge in [-0.25, -0.2) is 0 Å². The molecule has 0 bridgehead atoms. The SMILES string of the molecule is [O]=[Sb]([OH])([OH])[O]CC[O][Sb](=[O])([OH])[OH]. The Kier molecular flexibility index (Phi) is 5.44. The van der Waals surface area contributed by atoms with E-state index in [1.807, 2.05) is 0 Å². The van der Waals surface area contributed by atoms with E-state index in [1.165, 1.54) is 0 Å². The van der Waals surface area contributed by atoms with Crippen molar-refractivity contribution in [2.75, 3.05) is 13.2 Å². The molecule has 0 aromatic carbocycles. The molecule has 0 unspecified atom stereocenters. The van der Waals surface area contributed by atoms with E-state index in [4.69, 9.17) is 13.5 Å². The van der Waals surface area contributed by atoms with Crippen LogP contribution in [0, 0.1) is 0 Å². The van der Waals surface area contributed by atoms with E-state index < -0.39 is 53.3 Å². The molecule has 0 saturated heterocycles. The molecular formula is C2H8O8Sb2. The molecule has 0 aliphatic heterocycles. The number of hydrogen-bond donors (Lipinski definition) is 4. The summed E-state index contributed by atoms with van der Waals surface area (Å²) in [6.07, 6.45) is 0. The Balaban J connectivity index is 3.48. The van der Waals surface area contributed by atoms with E-state index in [-0.39, 0.29) is 0 Å². The monoisotopic (exact) mass is 402 g/mol. The second kappa shape index (κ2) is 5.02. The third-order valence-corrected chi connectivity index (χ3v) is 3.56. The van der Waals surface area contributed by atoms with Crippen LogP contribution in [0.5, 0.6) is 0 Å². The summed E-state index contributed by atoms with van der Waals surface area (Å²) >= 11 is -10.8. The van der Waals surface area contributed by atoms with E-state index in [0.717, 1.165) is 0 Å². The summed E-state index contributed by atoms with van der Waals surface area (Å²) in [4.78, 5) is 0. The summed E-state index contributed by atoms with van der Waals surface area (Å²) in [7, 11) is 0. The van der Waals surface area contributed by atoms with Crippen LogP contribution in [-0.2, 0) is 12.1 Å². The average Bonchev–Trinajstić information content (AvgIpc) is 1.76. The fraction of sp³-hybridized carbons (Fsp3) is 1.00. The minimum absolute atomic E-state index is 0.526. The maximum absolute atomic E-state index is 10.1. The molecule has 0 fully saturated rings. The molecule has 74 valence electrons. The zero-order valence-corrected chi connectivity index (χ0v) is 10.8. The van der Waals surface area contributed by atoms with Crippen LogP contribution in [0.2, 0.25) is 0 Å². The van der Waals surface area contributed by atoms with Crippen molar-refractivity contribution in [1.29, 1.82) is 0 Å². The number of hydrogen-bond acceptors (Lipinski definition) is 4. The van der Waals surface area contributed by atoms with Crippen LogP contribution in [0.15, 0.2) is 0 Å². The zero-order chi connectivity index (χ0) is 9.83. The first-order valence-corrected chi connectivity index (χ1v) is 11.3. The van der Waals surface area contributed by atoms with Crippen LogP contribution in [0.4, 0.5) is 0 Å². The van der Waals surface area contributed by atoms with Gasteiger partial charge >= 0.3 is 78.9 Å². The minimum atomic E-state index is -5.39. The molecule has 0 heterocycles. The first-order valence-electron chi connectivity index (χ1n) is 2.61. The molecule has 8 nitrogen and oxygen atoms in total. The summed E-state index contributed by atoms with van der Waals surface area (Å²) in [5, 5.41) is 0. The van der Waals surface area contributed by atoms with Gasteiger partial charge in [-0.2, -0.15) is 0 Å². The van der Waals surface area contributed by atoms with Gasteiger partial charge in [0.25, 0.3) is 0 Å². The van der Waals surface area contributed by atoms with Gasteiger partial charge in [-0.05, 0) is 0 Å². The van der Waals surface area contributed by atoms with E-state index in [9.17, 15) is 6.03 Å². The molecule has 0 aliphatic rings. The Bertz CT molecular complexity index is 187. The van der Waals surface area contributed by atoms with Crippen LogP contribution < -0.4 is 0 Å². The molecule has 0 aromatic heterocycles. The Labute approximate surface area is 78.5 Å². The van der Waals surface area contributed by atoms with Crippen molar-refractivity contribution in [3.8, 4) is 0 Å². The van der Waals surface area contributed by atoms with E-state index in [0.29, 0.717) is 0 Å². The second-order valence-corrected chi connectivity index (χ2v) is 8.72. The molecule has 0 radical (unpaired) electrons. The van der Waals surface area contributed by atoms with E-state index >= 15 is 0 Å². The fourth-order valence-corrected chi connectivity index (χ4v) is 2.10. The van der Waals surface area contributed by atoms with Gasteiger partial charge in [0.05, 0.1) is 0 Å². The molecule has 0 atom stereocenters. The van der Waals surface area contributed by atoms with Crippen molar-refractivity contribution >= 4 is 40.1 Å². The molecule has 10 heteroatoms. The van der Waals surface area contributed by atoms with Gasteiger partial charge in [0.2, 0.25) is 0 Å². The topological polar surface area (TPSA) is 134 Å². The quantitative estimate of drug-likeness (QED) is 0.277. The second-order valence-electron chi connectivity index (χ2n) is 1.65. The number of rotatable bonds is 5. The third kappa shape index (κ3) is 11.0. The maximum atomic E-state index is 10.1. The van der Waals surface area contributed by atoms with Gasteiger partial charge in [0, 0.05) is 0 Å². The zero-order valence-electron chi connectivity index (χ0n) is 5.73. The van der Waals surface area contributed by atoms with Crippen LogP contribution in [0.25, 0.3) is 0 Å². The standard InChI is InChI=1S/C2H4O2.4H2O.2O.2Sb/c3-1-2-4;;;;;;;;/h1-2H2;4*1H2;;;;/q-2;;;;;;;2*+3/p-4. The summed E-state index contributed by atoms with van der Waals surface area (Å²) in [5.41, 5.74) is 0. The molecule has 12 heavy (non-hydrogen) atoms. The summed E-state index contributed by atoms with van der Waals surface area (Å²) < 4.78 is 60.7. The van der Waals surface area contributed by atoms with Gasteiger partial charge in [-0.15, -0.1) is 0 Å². The molecule has 0 aliphatic carbocycles. The molecular weight excluding hydrogens is 396 g/mol. The Hall–Kier alpha value is 0.996. The van der Waals surface area contributed by atoms with Crippen molar-refractivity contribution < 1.29 is 25.6 Å².